The zero-order chi connectivity index (χ0) is 25.5. The van der Waals surface area contributed by atoms with Crippen LogP contribution < -0.4 is 14.8 Å². The predicted molar refractivity (Wildman–Crippen MR) is 138 cm³/mol. The van der Waals surface area contributed by atoms with Crippen molar-refractivity contribution >= 4 is 23.5 Å². The van der Waals surface area contributed by atoms with E-state index in [1.165, 1.54) is 0 Å². The monoisotopic (exact) mass is 495 g/mol. The fourth-order valence-electron chi connectivity index (χ4n) is 3.60. The van der Waals surface area contributed by atoms with Crippen LogP contribution in [-0.4, -0.2) is 29.7 Å². The molecule has 3 aromatic rings. The summed E-state index contributed by atoms with van der Waals surface area (Å²) in [6.07, 6.45) is 0.840. The molecule has 0 spiro atoms. The molecule has 0 bridgehead atoms. The summed E-state index contributed by atoms with van der Waals surface area (Å²) in [7, 11) is 0. The lowest BCUT2D eigenvalue weighted by Gasteiger charge is -2.16. The molecular weight excluding hydrogens is 466 g/mol. The number of halogens is 1. The number of ether oxygens (including phenoxy) is 2. The highest BCUT2D eigenvalue weighted by Gasteiger charge is 2.15. The second-order valence-electron chi connectivity index (χ2n) is 8.50. The first-order valence-corrected chi connectivity index (χ1v) is 11.9. The molecule has 0 atom stereocenters. The Morgan fingerprint density at radius 3 is 2.49 bits per heavy atom. The van der Waals surface area contributed by atoms with Crippen molar-refractivity contribution < 1.29 is 24.2 Å². The van der Waals surface area contributed by atoms with Crippen LogP contribution in [-0.2, 0) is 6.54 Å². The number of rotatable bonds is 10. The van der Waals surface area contributed by atoms with Gasteiger partial charge in [-0.25, -0.2) is 4.79 Å². The van der Waals surface area contributed by atoms with Crippen LogP contribution in [0.15, 0.2) is 54.6 Å². The molecule has 1 amide bonds. The van der Waals surface area contributed by atoms with Crippen LogP contribution in [0.5, 0.6) is 11.5 Å². The Hall–Kier alpha value is -3.51. The lowest BCUT2D eigenvalue weighted by atomic mass is 9.96. The van der Waals surface area contributed by atoms with Gasteiger partial charge in [0, 0.05) is 12.1 Å². The molecule has 2 N–H and O–H groups in total. The van der Waals surface area contributed by atoms with Crippen LogP contribution in [0.4, 0.5) is 0 Å². The molecule has 0 aromatic heterocycles. The molecule has 0 heterocycles. The number of aromatic carboxylic acids is 1. The summed E-state index contributed by atoms with van der Waals surface area (Å²) in [4.78, 5) is 24.3. The standard InChI is InChI=1S/C28H30ClNO5/c1-5-12-34-26-11-8-19(24-14-20(28(32)33)7-6-18(24)4)13-21(26)16-30-27(31)23-10-9-22(15-25(23)29)35-17(2)3/h6-11,13-15,17H,5,12,16H2,1-4H3,(H,30,31)(H,32,33). The highest BCUT2D eigenvalue weighted by atomic mass is 35.5. The fourth-order valence-corrected chi connectivity index (χ4v) is 3.86. The molecule has 0 radical (unpaired) electrons. The van der Waals surface area contributed by atoms with Gasteiger partial charge in [0.25, 0.3) is 5.91 Å². The molecule has 0 saturated heterocycles. The maximum absolute atomic E-state index is 12.9. The van der Waals surface area contributed by atoms with Crippen molar-refractivity contribution in [3.63, 3.8) is 0 Å². The smallest absolute Gasteiger partial charge is 0.335 e. The van der Waals surface area contributed by atoms with Crippen molar-refractivity contribution in [1.29, 1.82) is 0 Å². The number of carbonyl (C=O) groups is 2. The van der Waals surface area contributed by atoms with Gasteiger partial charge in [0.1, 0.15) is 11.5 Å². The van der Waals surface area contributed by atoms with Crippen molar-refractivity contribution in [3.8, 4) is 22.6 Å². The van der Waals surface area contributed by atoms with Crippen LogP contribution in [0.25, 0.3) is 11.1 Å². The summed E-state index contributed by atoms with van der Waals surface area (Å²) in [5.41, 5.74) is 3.93. The summed E-state index contributed by atoms with van der Waals surface area (Å²) in [6, 6.07) is 15.7. The Bertz CT molecular complexity index is 1220. The lowest BCUT2D eigenvalue weighted by molar-refractivity contribution is 0.0696. The molecule has 0 saturated carbocycles. The topological polar surface area (TPSA) is 84.9 Å². The van der Waals surface area contributed by atoms with Gasteiger partial charge in [0.2, 0.25) is 0 Å². The molecule has 184 valence electrons. The van der Waals surface area contributed by atoms with Crippen LogP contribution in [0.3, 0.4) is 0 Å². The number of hydrogen-bond acceptors (Lipinski definition) is 4. The minimum absolute atomic E-state index is 0.000564. The minimum Gasteiger partial charge on any atom is -0.493 e. The number of aryl methyl sites for hydroxylation is 1. The van der Waals surface area contributed by atoms with E-state index in [0.29, 0.717) is 28.7 Å². The third-order valence-corrected chi connectivity index (χ3v) is 5.63. The van der Waals surface area contributed by atoms with Gasteiger partial charge in [-0.2, -0.15) is 0 Å². The average molecular weight is 496 g/mol. The molecular formula is C28H30ClNO5. The SMILES string of the molecule is CCCOc1ccc(-c2cc(C(=O)O)ccc2C)cc1CNC(=O)c1ccc(OC(C)C)cc1Cl. The molecule has 3 aromatic carbocycles. The summed E-state index contributed by atoms with van der Waals surface area (Å²) < 4.78 is 11.5. The number of nitrogens with one attached hydrogen (secondary N) is 1. The highest BCUT2D eigenvalue weighted by molar-refractivity contribution is 6.34. The molecule has 0 fully saturated rings. The Kier molecular flexibility index (Phi) is 8.77. The van der Waals surface area contributed by atoms with Gasteiger partial charge >= 0.3 is 5.97 Å². The van der Waals surface area contributed by atoms with Crippen molar-refractivity contribution in [2.45, 2.75) is 46.8 Å². The maximum Gasteiger partial charge on any atom is 0.335 e. The summed E-state index contributed by atoms with van der Waals surface area (Å²) >= 11 is 6.34. The zero-order valence-electron chi connectivity index (χ0n) is 20.4. The maximum atomic E-state index is 12.9. The molecule has 3 rings (SSSR count). The van der Waals surface area contributed by atoms with E-state index in [1.54, 1.807) is 36.4 Å². The van der Waals surface area contributed by atoms with Crippen LogP contribution >= 0.6 is 11.6 Å². The molecule has 0 aliphatic rings. The van der Waals surface area contributed by atoms with E-state index < -0.39 is 5.97 Å². The van der Waals surface area contributed by atoms with E-state index in [4.69, 9.17) is 21.1 Å². The van der Waals surface area contributed by atoms with E-state index >= 15 is 0 Å². The van der Waals surface area contributed by atoms with Crippen molar-refractivity contribution in [2.24, 2.45) is 0 Å². The summed E-state index contributed by atoms with van der Waals surface area (Å²) in [6.45, 7) is 8.53. The van der Waals surface area contributed by atoms with Gasteiger partial charge in [-0.15, -0.1) is 0 Å². The first-order chi connectivity index (χ1) is 16.7. The van der Waals surface area contributed by atoms with Crippen LogP contribution in [0, 0.1) is 6.92 Å². The Morgan fingerprint density at radius 2 is 1.83 bits per heavy atom. The van der Waals surface area contributed by atoms with Gasteiger partial charge in [0.15, 0.2) is 0 Å². The molecule has 35 heavy (non-hydrogen) atoms. The van der Waals surface area contributed by atoms with Crippen LogP contribution in [0.1, 0.15) is 59.0 Å². The van der Waals surface area contributed by atoms with Gasteiger partial charge in [-0.3, -0.25) is 4.79 Å². The van der Waals surface area contributed by atoms with Crippen molar-refractivity contribution in [2.75, 3.05) is 6.61 Å². The normalized spacial score (nSPS) is 10.8. The number of carboxylic acid groups (broad SMARTS) is 1. The fraction of sp³-hybridized carbons (Fsp3) is 0.286. The summed E-state index contributed by atoms with van der Waals surface area (Å²) in [5, 5.41) is 12.6. The second kappa shape index (κ2) is 11.8. The summed E-state index contributed by atoms with van der Waals surface area (Å²) in [5.74, 6) is -0.0384. The molecule has 6 nitrogen and oxygen atoms in total. The Labute approximate surface area is 210 Å². The number of hydrogen-bond donors (Lipinski definition) is 2. The van der Waals surface area contributed by atoms with Gasteiger partial charge in [0.05, 0.1) is 28.9 Å². The van der Waals surface area contributed by atoms with E-state index in [9.17, 15) is 14.7 Å². The van der Waals surface area contributed by atoms with E-state index in [0.717, 1.165) is 28.7 Å². The largest absolute Gasteiger partial charge is 0.493 e. The first kappa shape index (κ1) is 26.1. The second-order valence-corrected chi connectivity index (χ2v) is 8.90. The number of carboxylic acids is 1. The average Bonchev–Trinajstić information content (AvgIpc) is 2.81. The molecule has 0 aliphatic carbocycles. The molecule has 0 unspecified atom stereocenters. The van der Waals surface area contributed by atoms with E-state index in [2.05, 4.69) is 5.32 Å². The quantitative estimate of drug-likeness (QED) is 0.334. The first-order valence-electron chi connectivity index (χ1n) is 11.5. The van der Waals surface area contributed by atoms with Gasteiger partial charge < -0.3 is 19.9 Å². The molecule has 7 heteroatoms. The van der Waals surface area contributed by atoms with Gasteiger partial charge in [-0.05, 0) is 86.3 Å². The lowest BCUT2D eigenvalue weighted by Crippen LogP contribution is -2.23. The van der Waals surface area contributed by atoms with E-state index in [-0.39, 0.29) is 24.1 Å². The Balaban J connectivity index is 1.87. The van der Waals surface area contributed by atoms with E-state index in [1.807, 2.05) is 45.9 Å². The van der Waals surface area contributed by atoms with Crippen molar-refractivity contribution in [1.82, 2.24) is 5.32 Å². The third-order valence-electron chi connectivity index (χ3n) is 5.31. The predicted octanol–water partition coefficient (Wildman–Crippen LogP) is 6.52. The highest BCUT2D eigenvalue weighted by Crippen LogP contribution is 2.30. The van der Waals surface area contributed by atoms with Crippen molar-refractivity contribution in [3.05, 3.63) is 81.9 Å². The zero-order valence-corrected chi connectivity index (χ0v) is 21.1. The number of carbonyl (C=O) groups excluding carboxylic acids is 1. The van der Waals surface area contributed by atoms with Gasteiger partial charge in [-0.1, -0.05) is 30.7 Å². The number of benzene rings is 3. The minimum atomic E-state index is -0.983. The molecule has 0 aliphatic heterocycles. The third kappa shape index (κ3) is 6.76. The number of amides is 1. The Morgan fingerprint density at radius 1 is 1.06 bits per heavy atom. The van der Waals surface area contributed by atoms with Crippen LogP contribution in [0.2, 0.25) is 5.02 Å².